The maximum atomic E-state index is 12.4. The summed E-state index contributed by atoms with van der Waals surface area (Å²) in [6.45, 7) is 12.7. The van der Waals surface area contributed by atoms with Crippen LogP contribution in [0, 0.1) is 11.8 Å². The Kier molecular flexibility index (Phi) is 7.43. The highest BCUT2D eigenvalue weighted by Gasteiger charge is 2.31. The van der Waals surface area contributed by atoms with E-state index in [1.165, 1.54) is 0 Å². The van der Waals surface area contributed by atoms with E-state index in [0.717, 1.165) is 25.9 Å². The SMILES string of the molecule is CCN(CC)S(=O)(=O)N1CCC(CNCC(C)C)CC1. The molecule has 120 valence electrons. The number of rotatable bonds is 8. The summed E-state index contributed by atoms with van der Waals surface area (Å²) in [5.74, 6) is 1.27. The number of hydrogen-bond donors (Lipinski definition) is 1. The first kappa shape index (κ1) is 17.9. The molecule has 0 amide bonds. The van der Waals surface area contributed by atoms with Crippen LogP contribution in [0.25, 0.3) is 0 Å². The molecule has 6 heteroatoms. The van der Waals surface area contributed by atoms with Gasteiger partial charge in [-0.1, -0.05) is 27.7 Å². The van der Waals surface area contributed by atoms with Crippen molar-refractivity contribution in [1.29, 1.82) is 0 Å². The van der Waals surface area contributed by atoms with Crippen molar-refractivity contribution in [3.05, 3.63) is 0 Å². The van der Waals surface area contributed by atoms with Gasteiger partial charge in [0.1, 0.15) is 0 Å². The Hall–Kier alpha value is -0.170. The monoisotopic (exact) mass is 305 g/mol. The lowest BCUT2D eigenvalue weighted by molar-refractivity contribution is 0.250. The van der Waals surface area contributed by atoms with Crippen molar-refractivity contribution in [2.75, 3.05) is 39.3 Å². The van der Waals surface area contributed by atoms with Gasteiger partial charge in [-0.2, -0.15) is 17.0 Å². The van der Waals surface area contributed by atoms with Crippen molar-refractivity contribution in [1.82, 2.24) is 13.9 Å². The van der Waals surface area contributed by atoms with Gasteiger partial charge >= 0.3 is 0 Å². The van der Waals surface area contributed by atoms with Crippen LogP contribution >= 0.6 is 0 Å². The largest absolute Gasteiger partial charge is 0.316 e. The van der Waals surface area contributed by atoms with Crippen LogP contribution in [0.4, 0.5) is 0 Å². The third-order valence-electron chi connectivity index (χ3n) is 3.92. The van der Waals surface area contributed by atoms with Crippen LogP contribution in [-0.4, -0.2) is 56.3 Å². The predicted octanol–water partition coefficient (Wildman–Crippen LogP) is 1.53. The van der Waals surface area contributed by atoms with Gasteiger partial charge in [-0.15, -0.1) is 0 Å². The quantitative estimate of drug-likeness (QED) is 0.740. The first-order chi connectivity index (χ1) is 9.41. The highest BCUT2D eigenvalue weighted by Crippen LogP contribution is 2.20. The Morgan fingerprint density at radius 2 is 1.75 bits per heavy atom. The minimum Gasteiger partial charge on any atom is -0.316 e. The molecule has 0 aromatic heterocycles. The van der Waals surface area contributed by atoms with Crippen LogP contribution in [0.2, 0.25) is 0 Å². The zero-order chi connectivity index (χ0) is 15.2. The molecule has 1 rings (SSSR count). The lowest BCUT2D eigenvalue weighted by atomic mass is 9.98. The molecule has 0 atom stereocenters. The molecule has 1 fully saturated rings. The molecule has 5 nitrogen and oxygen atoms in total. The van der Waals surface area contributed by atoms with Gasteiger partial charge in [0.05, 0.1) is 0 Å². The third-order valence-corrected chi connectivity index (χ3v) is 6.10. The Balaban J connectivity index is 2.41. The Morgan fingerprint density at radius 1 is 1.20 bits per heavy atom. The minimum atomic E-state index is -3.24. The van der Waals surface area contributed by atoms with Crippen LogP contribution in [0.3, 0.4) is 0 Å². The average molecular weight is 305 g/mol. The van der Waals surface area contributed by atoms with Gasteiger partial charge < -0.3 is 5.32 Å². The molecule has 0 radical (unpaired) electrons. The normalized spacial score (nSPS) is 19.1. The maximum Gasteiger partial charge on any atom is 0.281 e. The standard InChI is InChI=1S/C14H31N3O2S/c1-5-16(6-2)20(18,19)17-9-7-14(8-10-17)12-15-11-13(3)4/h13-15H,5-12H2,1-4H3. The molecule has 0 aliphatic carbocycles. The third kappa shape index (κ3) is 4.98. The van der Waals surface area contributed by atoms with E-state index in [2.05, 4.69) is 19.2 Å². The van der Waals surface area contributed by atoms with E-state index in [-0.39, 0.29) is 0 Å². The van der Waals surface area contributed by atoms with Gasteiger partial charge in [0, 0.05) is 26.2 Å². The molecule has 0 bridgehead atoms. The molecule has 0 unspecified atom stereocenters. The first-order valence-corrected chi connectivity index (χ1v) is 9.27. The molecule has 0 aromatic rings. The second kappa shape index (κ2) is 8.32. The number of piperidine rings is 1. The van der Waals surface area contributed by atoms with E-state index in [9.17, 15) is 8.42 Å². The molecule has 0 spiro atoms. The van der Waals surface area contributed by atoms with Crippen molar-refractivity contribution in [3.63, 3.8) is 0 Å². The number of nitrogens with zero attached hydrogens (tertiary/aromatic N) is 2. The molecule has 1 N–H and O–H groups in total. The van der Waals surface area contributed by atoms with E-state index in [0.29, 0.717) is 38.0 Å². The molecular formula is C14H31N3O2S. The summed E-state index contributed by atoms with van der Waals surface area (Å²) in [5.41, 5.74) is 0. The van der Waals surface area contributed by atoms with Crippen molar-refractivity contribution in [3.8, 4) is 0 Å². The smallest absolute Gasteiger partial charge is 0.281 e. The fourth-order valence-electron chi connectivity index (χ4n) is 2.63. The van der Waals surface area contributed by atoms with Crippen LogP contribution in [-0.2, 0) is 10.2 Å². The van der Waals surface area contributed by atoms with Gasteiger partial charge in [0.25, 0.3) is 10.2 Å². The van der Waals surface area contributed by atoms with E-state index in [1.54, 1.807) is 8.61 Å². The maximum absolute atomic E-state index is 12.4. The molecule has 0 aromatic carbocycles. The van der Waals surface area contributed by atoms with E-state index in [4.69, 9.17) is 0 Å². The molecule has 0 saturated carbocycles. The predicted molar refractivity (Wildman–Crippen MR) is 83.8 cm³/mol. The summed E-state index contributed by atoms with van der Waals surface area (Å²) in [5, 5.41) is 3.47. The van der Waals surface area contributed by atoms with Crippen molar-refractivity contribution in [2.45, 2.75) is 40.5 Å². The fourth-order valence-corrected chi connectivity index (χ4v) is 4.28. The average Bonchev–Trinajstić information content (AvgIpc) is 2.40. The molecule has 1 aliphatic rings. The summed E-state index contributed by atoms with van der Waals surface area (Å²) in [7, 11) is -3.24. The lowest BCUT2D eigenvalue weighted by Gasteiger charge is -2.34. The van der Waals surface area contributed by atoms with Crippen molar-refractivity contribution >= 4 is 10.2 Å². The summed E-state index contributed by atoms with van der Waals surface area (Å²) >= 11 is 0. The topological polar surface area (TPSA) is 52.7 Å². The van der Waals surface area contributed by atoms with Crippen molar-refractivity contribution in [2.24, 2.45) is 11.8 Å². The molecule has 1 saturated heterocycles. The number of hydrogen-bond acceptors (Lipinski definition) is 3. The fraction of sp³-hybridized carbons (Fsp3) is 1.00. The Labute approximate surface area is 124 Å². The second-order valence-corrected chi connectivity index (χ2v) is 7.92. The van der Waals surface area contributed by atoms with Crippen molar-refractivity contribution < 1.29 is 8.42 Å². The minimum absolute atomic E-state index is 0.550. The van der Waals surface area contributed by atoms with Gasteiger partial charge in [0.15, 0.2) is 0 Å². The molecule has 20 heavy (non-hydrogen) atoms. The molecular weight excluding hydrogens is 274 g/mol. The van der Waals surface area contributed by atoms with Crippen LogP contribution in [0.1, 0.15) is 40.5 Å². The molecule has 1 heterocycles. The number of nitrogens with one attached hydrogen (secondary N) is 1. The lowest BCUT2D eigenvalue weighted by Crippen LogP contribution is -2.48. The summed E-state index contributed by atoms with van der Waals surface area (Å²) < 4.78 is 28.0. The van der Waals surface area contributed by atoms with Gasteiger partial charge in [-0.3, -0.25) is 0 Å². The zero-order valence-corrected chi connectivity index (χ0v) is 14.2. The first-order valence-electron chi connectivity index (χ1n) is 7.87. The van der Waals surface area contributed by atoms with Crippen LogP contribution < -0.4 is 5.32 Å². The Bertz CT molecular complexity index is 359. The van der Waals surface area contributed by atoms with Gasteiger partial charge in [-0.05, 0) is 37.8 Å². The van der Waals surface area contributed by atoms with Crippen LogP contribution in [0.15, 0.2) is 0 Å². The van der Waals surface area contributed by atoms with Gasteiger partial charge in [0.2, 0.25) is 0 Å². The van der Waals surface area contributed by atoms with E-state index in [1.807, 2.05) is 13.8 Å². The highest BCUT2D eigenvalue weighted by atomic mass is 32.2. The van der Waals surface area contributed by atoms with Crippen LogP contribution in [0.5, 0.6) is 0 Å². The zero-order valence-electron chi connectivity index (χ0n) is 13.4. The summed E-state index contributed by atoms with van der Waals surface area (Å²) in [4.78, 5) is 0. The molecule has 1 aliphatic heterocycles. The highest BCUT2D eigenvalue weighted by molar-refractivity contribution is 7.86. The van der Waals surface area contributed by atoms with E-state index < -0.39 is 10.2 Å². The summed E-state index contributed by atoms with van der Waals surface area (Å²) in [6.07, 6.45) is 1.93. The Morgan fingerprint density at radius 3 is 2.20 bits per heavy atom. The van der Waals surface area contributed by atoms with E-state index >= 15 is 0 Å². The second-order valence-electron chi connectivity index (χ2n) is 5.99. The van der Waals surface area contributed by atoms with Gasteiger partial charge in [-0.25, -0.2) is 0 Å². The summed E-state index contributed by atoms with van der Waals surface area (Å²) in [6, 6.07) is 0.